The van der Waals surface area contributed by atoms with Crippen LogP contribution >= 0.6 is 24.0 Å². The van der Waals surface area contributed by atoms with Crippen molar-refractivity contribution in [3.8, 4) is 0 Å². The van der Waals surface area contributed by atoms with Crippen LogP contribution in [0, 0.1) is 0 Å². The smallest absolute Gasteiger partial charge is 0.191 e. The number of anilines is 1. The number of guanidine groups is 1. The monoisotopic (exact) mass is 445 g/mol. The number of aliphatic imine (C=N–C) groups is 1. The first-order valence-electron chi connectivity index (χ1n) is 8.90. The number of halogens is 1. The Labute approximate surface area is 163 Å². The average molecular weight is 445 g/mol. The van der Waals surface area contributed by atoms with E-state index in [1.807, 2.05) is 13.2 Å². The highest BCUT2D eigenvalue weighted by atomic mass is 127. The number of nitrogens with one attached hydrogen (secondary N) is 2. The van der Waals surface area contributed by atoms with Gasteiger partial charge in [-0.25, -0.2) is 4.98 Å². The predicted octanol–water partition coefficient (Wildman–Crippen LogP) is 3.54. The van der Waals surface area contributed by atoms with Crippen LogP contribution < -0.4 is 15.5 Å². The van der Waals surface area contributed by atoms with Gasteiger partial charge >= 0.3 is 0 Å². The fourth-order valence-corrected chi connectivity index (χ4v) is 2.76. The number of hydrogen-bond donors (Lipinski definition) is 2. The van der Waals surface area contributed by atoms with Crippen molar-refractivity contribution in [3.05, 3.63) is 23.9 Å². The minimum atomic E-state index is 0. The molecular weight excluding hydrogens is 413 g/mol. The Bertz CT molecular complexity index is 498. The van der Waals surface area contributed by atoms with Crippen LogP contribution in [0.15, 0.2) is 23.3 Å². The van der Waals surface area contributed by atoms with Gasteiger partial charge in [0.1, 0.15) is 5.82 Å². The molecule has 0 aromatic carbocycles. The Morgan fingerprint density at radius 1 is 1.29 bits per heavy atom. The highest BCUT2D eigenvalue weighted by Crippen LogP contribution is 2.18. The lowest BCUT2D eigenvalue weighted by atomic mass is 10.2. The zero-order valence-corrected chi connectivity index (χ0v) is 17.5. The molecule has 0 radical (unpaired) electrons. The Hall–Kier alpha value is -1.05. The van der Waals surface area contributed by atoms with Crippen molar-refractivity contribution in [1.82, 2.24) is 15.6 Å². The minimum Gasteiger partial charge on any atom is -0.357 e. The lowest BCUT2D eigenvalue weighted by Crippen LogP contribution is -2.41. The van der Waals surface area contributed by atoms with E-state index >= 15 is 0 Å². The second-order valence-electron chi connectivity index (χ2n) is 6.30. The molecule has 1 unspecified atom stereocenters. The first-order valence-corrected chi connectivity index (χ1v) is 8.90. The SMILES string of the molecule is CCC(C)NC(=NC)NCc1ccnc(N2CCCCCC2)c1.I. The Morgan fingerprint density at radius 3 is 2.62 bits per heavy atom. The van der Waals surface area contributed by atoms with E-state index in [1.54, 1.807) is 0 Å². The van der Waals surface area contributed by atoms with Gasteiger partial charge in [0.15, 0.2) is 5.96 Å². The molecule has 0 saturated carbocycles. The third kappa shape index (κ3) is 6.83. The second-order valence-corrected chi connectivity index (χ2v) is 6.30. The summed E-state index contributed by atoms with van der Waals surface area (Å²) >= 11 is 0. The van der Waals surface area contributed by atoms with Crippen LogP contribution in [0.3, 0.4) is 0 Å². The summed E-state index contributed by atoms with van der Waals surface area (Å²) in [6, 6.07) is 4.70. The van der Waals surface area contributed by atoms with Gasteiger partial charge < -0.3 is 15.5 Å². The van der Waals surface area contributed by atoms with Crippen LogP contribution in [0.2, 0.25) is 0 Å². The number of pyridine rings is 1. The summed E-state index contributed by atoms with van der Waals surface area (Å²) < 4.78 is 0. The van der Waals surface area contributed by atoms with Crippen molar-refractivity contribution in [2.75, 3.05) is 25.0 Å². The van der Waals surface area contributed by atoms with Gasteiger partial charge in [0.25, 0.3) is 0 Å². The molecule has 1 aromatic heterocycles. The molecule has 1 aliphatic heterocycles. The summed E-state index contributed by atoms with van der Waals surface area (Å²) in [4.78, 5) is 11.3. The van der Waals surface area contributed by atoms with Gasteiger partial charge in [-0.2, -0.15) is 0 Å². The third-order valence-electron chi connectivity index (χ3n) is 4.42. The van der Waals surface area contributed by atoms with E-state index in [-0.39, 0.29) is 24.0 Å². The first-order chi connectivity index (χ1) is 11.2. The van der Waals surface area contributed by atoms with E-state index in [9.17, 15) is 0 Å². The first kappa shape index (κ1) is 21.0. The molecule has 0 amide bonds. The molecular formula is C18H32IN5. The number of rotatable bonds is 5. The molecule has 0 aliphatic carbocycles. The Balaban J connectivity index is 0.00000288. The topological polar surface area (TPSA) is 52.6 Å². The average Bonchev–Trinajstić information content (AvgIpc) is 2.88. The molecule has 24 heavy (non-hydrogen) atoms. The van der Waals surface area contributed by atoms with E-state index in [2.05, 4.69) is 51.5 Å². The lowest BCUT2D eigenvalue weighted by Gasteiger charge is -2.22. The predicted molar refractivity (Wildman–Crippen MR) is 113 cm³/mol. The standard InChI is InChI=1S/C18H31N5.HI/c1-4-15(2)22-18(19-3)21-14-16-9-10-20-17(13-16)23-11-7-5-6-8-12-23;/h9-10,13,15H,4-8,11-12,14H2,1-3H3,(H2,19,21,22);1H. The van der Waals surface area contributed by atoms with E-state index in [0.717, 1.165) is 37.8 Å². The van der Waals surface area contributed by atoms with Gasteiger partial charge in [0.05, 0.1) is 0 Å². The molecule has 1 saturated heterocycles. The van der Waals surface area contributed by atoms with Crippen molar-refractivity contribution >= 4 is 35.8 Å². The van der Waals surface area contributed by atoms with E-state index in [0.29, 0.717) is 6.04 Å². The maximum absolute atomic E-state index is 4.57. The minimum absolute atomic E-state index is 0. The van der Waals surface area contributed by atoms with Gasteiger partial charge in [0.2, 0.25) is 0 Å². The van der Waals surface area contributed by atoms with Crippen LogP contribution in [-0.2, 0) is 6.54 Å². The fourth-order valence-electron chi connectivity index (χ4n) is 2.76. The van der Waals surface area contributed by atoms with Crippen LogP contribution in [0.4, 0.5) is 5.82 Å². The molecule has 2 heterocycles. The molecule has 2 rings (SSSR count). The quantitative estimate of drug-likeness (QED) is 0.414. The molecule has 1 aliphatic rings. The maximum atomic E-state index is 4.57. The summed E-state index contributed by atoms with van der Waals surface area (Å²) in [5, 5.41) is 6.77. The van der Waals surface area contributed by atoms with Crippen molar-refractivity contribution in [3.63, 3.8) is 0 Å². The summed E-state index contributed by atoms with van der Waals surface area (Å²) in [6.45, 7) is 7.35. The van der Waals surface area contributed by atoms with Crippen molar-refractivity contribution in [2.24, 2.45) is 4.99 Å². The van der Waals surface area contributed by atoms with Crippen molar-refractivity contribution < 1.29 is 0 Å². The second kappa shape index (κ2) is 11.5. The number of aromatic nitrogens is 1. The number of hydrogen-bond acceptors (Lipinski definition) is 3. The van der Waals surface area contributed by atoms with Crippen molar-refractivity contribution in [2.45, 2.75) is 58.5 Å². The van der Waals surface area contributed by atoms with Gasteiger partial charge in [-0.1, -0.05) is 19.8 Å². The maximum Gasteiger partial charge on any atom is 0.191 e. The molecule has 5 nitrogen and oxygen atoms in total. The zero-order valence-electron chi connectivity index (χ0n) is 15.2. The van der Waals surface area contributed by atoms with Crippen LogP contribution in [0.1, 0.15) is 51.5 Å². The summed E-state index contributed by atoms with van der Waals surface area (Å²) in [6.07, 6.45) is 8.23. The normalized spacial score (nSPS) is 16.8. The Kier molecular flexibility index (Phi) is 10.1. The molecule has 0 bridgehead atoms. The van der Waals surface area contributed by atoms with E-state index < -0.39 is 0 Å². The summed E-state index contributed by atoms with van der Waals surface area (Å²) in [5.74, 6) is 1.96. The summed E-state index contributed by atoms with van der Waals surface area (Å²) in [7, 11) is 1.81. The Morgan fingerprint density at radius 2 is 2.00 bits per heavy atom. The molecule has 136 valence electrons. The van der Waals surface area contributed by atoms with E-state index in [4.69, 9.17) is 0 Å². The van der Waals surface area contributed by atoms with Gasteiger partial charge in [-0.3, -0.25) is 4.99 Å². The summed E-state index contributed by atoms with van der Waals surface area (Å²) in [5.41, 5.74) is 1.24. The molecule has 2 N–H and O–H groups in total. The van der Waals surface area contributed by atoms with Gasteiger partial charge in [-0.15, -0.1) is 24.0 Å². The third-order valence-corrected chi connectivity index (χ3v) is 4.42. The highest BCUT2D eigenvalue weighted by molar-refractivity contribution is 14.0. The van der Waals surface area contributed by atoms with Gasteiger partial charge in [0, 0.05) is 38.9 Å². The number of nitrogens with zero attached hydrogens (tertiary/aromatic N) is 3. The van der Waals surface area contributed by atoms with Crippen LogP contribution in [-0.4, -0.2) is 37.1 Å². The van der Waals surface area contributed by atoms with E-state index in [1.165, 1.54) is 31.2 Å². The fraction of sp³-hybridized carbons (Fsp3) is 0.667. The van der Waals surface area contributed by atoms with Crippen LogP contribution in [0.25, 0.3) is 0 Å². The molecule has 0 spiro atoms. The van der Waals surface area contributed by atoms with Gasteiger partial charge in [-0.05, 0) is 43.9 Å². The largest absolute Gasteiger partial charge is 0.357 e. The van der Waals surface area contributed by atoms with Crippen LogP contribution in [0.5, 0.6) is 0 Å². The zero-order chi connectivity index (χ0) is 16.5. The van der Waals surface area contributed by atoms with Crippen molar-refractivity contribution in [1.29, 1.82) is 0 Å². The highest BCUT2D eigenvalue weighted by Gasteiger charge is 2.11. The molecule has 1 fully saturated rings. The lowest BCUT2D eigenvalue weighted by molar-refractivity contribution is 0.624. The molecule has 6 heteroatoms. The molecule has 1 aromatic rings. The molecule has 1 atom stereocenters.